The van der Waals surface area contributed by atoms with Gasteiger partial charge in [0.2, 0.25) is 11.9 Å². The number of primary amides is 1. The average Bonchev–Trinajstić information content (AvgIpc) is 3.13. The molecular weight excluding hydrogens is 428 g/mol. The molecule has 0 saturated heterocycles. The average molecular weight is 444 g/mol. The Kier molecular flexibility index (Phi) is 6.05. The van der Waals surface area contributed by atoms with Crippen molar-refractivity contribution in [3.8, 4) is 33.8 Å². The van der Waals surface area contributed by atoms with Crippen LogP contribution < -0.4 is 11.5 Å². The normalized spacial score (nSPS) is 10.5. The molecule has 9 heteroatoms. The number of hydrogen-bond acceptors (Lipinski definition) is 4. The number of nitrogens with zero attached hydrogens (tertiary/aromatic N) is 2. The minimum Gasteiger partial charge on any atom is -0.368 e. The fourth-order valence-electron chi connectivity index (χ4n) is 3.17. The number of benzene rings is 2. The van der Waals surface area contributed by atoms with Crippen LogP contribution in [0.15, 0.2) is 60.8 Å². The van der Waals surface area contributed by atoms with Gasteiger partial charge in [0.15, 0.2) is 0 Å². The number of nitrogens with two attached hydrogens (primary N) is 2. The second-order valence-electron chi connectivity index (χ2n) is 6.31. The maximum Gasteiger partial charge on any atom is 0.249 e. The molecule has 1 amide bonds. The van der Waals surface area contributed by atoms with Crippen LogP contribution in [-0.2, 0) is 0 Å². The Hall–Kier alpha value is -3.42. The lowest BCUT2D eigenvalue weighted by Crippen LogP contribution is -2.12. The number of halogens is 3. The van der Waals surface area contributed by atoms with E-state index in [2.05, 4.69) is 15.0 Å². The second kappa shape index (κ2) is 8.52. The molecule has 2 aromatic heterocycles. The Morgan fingerprint density at radius 3 is 2.50 bits per heavy atom. The van der Waals surface area contributed by atoms with Crippen molar-refractivity contribution in [1.29, 1.82) is 0 Å². The molecule has 0 saturated carbocycles. The van der Waals surface area contributed by atoms with E-state index >= 15 is 0 Å². The van der Waals surface area contributed by atoms with Gasteiger partial charge in [-0.25, -0.2) is 14.4 Å². The molecule has 0 aliphatic rings. The molecule has 0 fully saturated rings. The van der Waals surface area contributed by atoms with Crippen LogP contribution in [-0.4, -0.2) is 20.9 Å². The molecule has 0 atom stereocenters. The molecule has 152 valence electrons. The summed E-state index contributed by atoms with van der Waals surface area (Å²) in [5.74, 6) is -0.988. The Balaban J connectivity index is 0.00000256. The third kappa shape index (κ3) is 3.98. The van der Waals surface area contributed by atoms with E-state index in [1.165, 1.54) is 12.3 Å². The van der Waals surface area contributed by atoms with Crippen LogP contribution in [0.1, 0.15) is 10.4 Å². The van der Waals surface area contributed by atoms with Gasteiger partial charge in [-0.2, -0.15) is 0 Å². The van der Waals surface area contributed by atoms with Crippen LogP contribution in [0.2, 0.25) is 5.02 Å². The third-order valence-electron chi connectivity index (χ3n) is 4.45. The predicted molar refractivity (Wildman–Crippen MR) is 118 cm³/mol. The SMILES string of the molecule is Cl.NC(=O)c1ccccc1-c1cc(-c2ccnc(N)n2)[nH]c1-c1ccc(Cl)cc1F. The van der Waals surface area contributed by atoms with Crippen molar-refractivity contribution in [1.82, 2.24) is 15.0 Å². The maximum atomic E-state index is 14.7. The Morgan fingerprint density at radius 1 is 1.03 bits per heavy atom. The number of anilines is 1. The number of aromatic amines is 1. The molecule has 5 N–H and O–H groups in total. The van der Waals surface area contributed by atoms with Gasteiger partial charge in [-0.05, 0) is 42.0 Å². The summed E-state index contributed by atoms with van der Waals surface area (Å²) in [6, 6.07) is 14.7. The highest BCUT2D eigenvalue weighted by Gasteiger charge is 2.20. The van der Waals surface area contributed by atoms with Gasteiger partial charge >= 0.3 is 0 Å². The summed E-state index contributed by atoms with van der Waals surface area (Å²) in [7, 11) is 0. The molecule has 0 bridgehead atoms. The van der Waals surface area contributed by atoms with E-state index in [4.69, 9.17) is 23.1 Å². The molecule has 0 aliphatic carbocycles. The summed E-state index contributed by atoms with van der Waals surface area (Å²) in [6.45, 7) is 0. The first-order chi connectivity index (χ1) is 13.9. The fraction of sp³-hybridized carbons (Fsp3) is 0. The van der Waals surface area contributed by atoms with Gasteiger partial charge in [0.1, 0.15) is 5.82 Å². The minimum absolute atomic E-state index is 0. The summed E-state index contributed by atoms with van der Waals surface area (Å²) in [4.78, 5) is 23.2. The molecular formula is C21H16Cl2FN5O. The summed E-state index contributed by atoms with van der Waals surface area (Å²) in [6.07, 6.45) is 1.53. The zero-order chi connectivity index (χ0) is 20.5. The van der Waals surface area contributed by atoms with E-state index in [0.717, 1.165) is 0 Å². The summed E-state index contributed by atoms with van der Waals surface area (Å²) < 4.78 is 14.7. The van der Waals surface area contributed by atoms with Crippen LogP contribution in [0.5, 0.6) is 0 Å². The van der Waals surface area contributed by atoms with Crippen LogP contribution in [0.3, 0.4) is 0 Å². The molecule has 0 radical (unpaired) electrons. The van der Waals surface area contributed by atoms with E-state index < -0.39 is 11.7 Å². The molecule has 2 aromatic carbocycles. The lowest BCUT2D eigenvalue weighted by Gasteiger charge is -2.09. The molecule has 2 heterocycles. The third-order valence-corrected chi connectivity index (χ3v) is 4.69. The summed E-state index contributed by atoms with van der Waals surface area (Å²) in [5.41, 5.74) is 14.6. The first-order valence-corrected chi connectivity index (χ1v) is 8.98. The lowest BCUT2D eigenvalue weighted by molar-refractivity contribution is 0.100. The maximum absolute atomic E-state index is 14.7. The van der Waals surface area contributed by atoms with Gasteiger partial charge < -0.3 is 16.5 Å². The summed E-state index contributed by atoms with van der Waals surface area (Å²) >= 11 is 5.90. The number of amides is 1. The molecule has 0 spiro atoms. The Labute approximate surface area is 182 Å². The molecule has 4 aromatic rings. The number of aromatic nitrogens is 3. The van der Waals surface area contributed by atoms with Crippen molar-refractivity contribution in [2.24, 2.45) is 5.73 Å². The van der Waals surface area contributed by atoms with Gasteiger partial charge in [0.05, 0.1) is 17.1 Å². The highest BCUT2D eigenvalue weighted by Crippen LogP contribution is 2.38. The standard InChI is InChI=1S/C21H15ClFN5O.ClH/c22-11-5-6-14(16(23)9-11)19-15(12-3-1-2-4-13(12)20(24)29)10-18(27-19)17-7-8-26-21(25)28-17;/h1-10,27H,(H2,24,29)(H2,25,26,28);1H. The van der Waals surface area contributed by atoms with Crippen molar-refractivity contribution < 1.29 is 9.18 Å². The number of carbonyl (C=O) groups excluding carboxylic acids is 1. The summed E-state index contributed by atoms with van der Waals surface area (Å²) in [5, 5.41) is 0.278. The van der Waals surface area contributed by atoms with E-state index in [9.17, 15) is 9.18 Å². The van der Waals surface area contributed by atoms with Crippen molar-refractivity contribution in [2.45, 2.75) is 0 Å². The van der Waals surface area contributed by atoms with Crippen molar-refractivity contribution in [3.63, 3.8) is 0 Å². The first kappa shape index (κ1) is 21.3. The molecule has 0 aliphatic heterocycles. The number of hydrogen-bond donors (Lipinski definition) is 3. The van der Waals surface area contributed by atoms with E-state index in [1.54, 1.807) is 48.5 Å². The van der Waals surface area contributed by atoms with Gasteiger partial charge in [0.25, 0.3) is 0 Å². The van der Waals surface area contributed by atoms with Gasteiger partial charge in [-0.1, -0.05) is 29.8 Å². The first-order valence-electron chi connectivity index (χ1n) is 8.60. The second-order valence-corrected chi connectivity index (χ2v) is 6.74. The number of H-pyrrole nitrogens is 1. The fourth-order valence-corrected chi connectivity index (χ4v) is 3.33. The molecule has 0 unspecified atom stereocenters. The predicted octanol–water partition coefficient (Wildman–Crippen LogP) is 4.70. The molecule has 30 heavy (non-hydrogen) atoms. The number of nitrogen functional groups attached to an aromatic ring is 1. The van der Waals surface area contributed by atoms with Crippen LogP contribution >= 0.6 is 24.0 Å². The van der Waals surface area contributed by atoms with E-state index in [-0.39, 0.29) is 28.9 Å². The number of rotatable bonds is 4. The zero-order valence-corrected chi connectivity index (χ0v) is 17.0. The van der Waals surface area contributed by atoms with Crippen molar-refractivity contribution in [3.05, 3.63) is 77.2 Å². The van der Waals surface area contributed by atoms with Crippen molar-refractivity contribution >= 4 is 35.9 Å². The van der Waals surface area contributed by atoms with Gasteiger partial charge in [-0.15, -0.1) is 12.4 Å². The highest BCUT2D eigenvalue weighted by atomic mass is 35.5. The van der Waals surface area contributed by atoms with Crippen LogP contribution in [0.25, 0.3) is 33.8 Å². The Morgan fingerprint density at radius 2 is 1.80 bits per heavy atom. The Bertz CT molecular complexity index is 1240. The molecule has 6 nitrogen and oxygen atoms in total. The van der Waals surface area contributed by atoms with E-state index in [1.807, 2.05) is 0 Å². The van der Waals surface area contributed by atoms with Crippen LogP contribution in [0.4, 0.5) is 10.3 Å². The molecule has 4 rings (SSSR count). The topological polar surface area (TPSA) is 111 Å². The van der Waals surface area contributed by atoms with Crippen LogP contribution in [0, 0.1) is 5.82 Å². The lowest BCUT2D eigenvalue weighted by atomic mass is 9.96. The van der Waals surface area contributed by atoms with Crippen molar-refractivity contribution in [2.75, 3.05) is 5.73 Å². The quantitative estimate of drug-likeness (QED) is 0.424. The zero-order valence-electron chi connectivity index (χ0n) is 15.4. The van der Waals surface area contributed by atoms with Gasteiger partial charge in [0, 0.05) is 27.9 Å². The van der Waals surface area contributed by atoms with E-state index in [0.29, 0.717) is 33.8 Å². The number of nitrogens with one attached hydrogen (secondary N) is 1. The number of carbonyl (C=O) groups is 1. The largest absolute Gasteiger partial charge is 0.368 e. The smallest absolute Gasteiger partial charge is 0.249 e. The highest BCUT2D eigenvalue weighted by molar-refractivity contribution is 6.30. The monoisotopic (exact) mass is 443 g/mol. The van der Waals surface area contributed by atoms with Gasteiger partial charge in [-0.3, -0.25) is 4.79 Å². The minimum atomic E-state index is -0.586.